The van der Waals surface area contributed by atoms with Gasteiger partial charge in [-0.25, -0.2) is 4.98 Å². The van der Waals surface area contributed by atoms with Crippen LogP contribution >= 0.6 is 0 Å². The molecule has 4 aromatic rings. The topological polar surface area (TPSA) is 64.4 Å². The Morgan fingerprint density at radius 1 is 0.969 bits per heavy atom. The predicted octanol–water partition coefficient (Wildman–Crippen LogP) is 6.56. The highest BCUT2D eigenvalue weighted by Gasteiger charge is 2.15. The average molecular weight is 427 g/mol. The van der Waals surface area contributed by atoms with E-state index in [2.05, 4.69) is 22.4 Å². The summed E-state index contributed by atoms with van der Waals surface area (Å²) in [6.45, 7) is -0.0457. The van der Waals surface area contributed by atoms with Crippen LogP contribution in [0.2, 0.25) is 0 Å². The lowest BCUT2D eigenvalue weighted by Crippen LogP contribution is -2.20. The summed E-state index contributed by atoms with van der Waals surface area (Å²) in [4.78, 5) is 16.9. The summed E-state index contributed by atoms with van der Waals surface area (Å²) in [6, 6.07) is 23.3. The number of anilines is 1. The number of hydrogen-bond donors (Lipinski definition) is 1. The Hall–Kier alpha value is -3.60. The fraction of sp³-hybridized carbons (Fsp3) is 0.259. The highest BCUT2D eigenvalue weighted by Crippen LogP contribution is 2.33. The Morgan fingerprint density at radius 3 is 2.59 bits per heavy atom. The van der Waals surface area contributed by atoms with Crippen molar-refractivity contribution in [3.8, 4) is 17.2 Å². The molecule has 1 saturated carbocycles. The summed E-state index contributed by atoms with van der Waals surface area (Å²) in [5.41, 5.74) is 4.39. The van der Waals surface area contributed by atoms with Gasteiger partial charge in [-0.05, 0) is 66.8 Å². The molecular formula is C27H26N2O3. The fourth-order valence-electron chi connectivity index (χ4n) is 4.34. The second-order valence-corrected chi connectivity index (χ2v) is 8.31. The van der Waals surface area contributed by atoms with Crippen LogP contribution in [-0.2, 0) is 4.79 Å². The molecule has 3 aromatic carbocycles. The number of ether oxygens (including phenoxy) is 1. The number of benzene rings is 3. The van der Waals surface area contributed by atoms with E-state index in [1.807, 2.05) is 60.7 Å². The van der Waals surface area contributed by atoms with Crippen molar-refractivity contribution in [3.05, 3.63) is 78.4 Å². The van der Waals surface area contributed by atoms with E-state index in [1.165, 1.54) is 37.7 Å². The van der Waals surface area contributed by atoms with Crippen molar-refractivity contribution in [1.29, 1.82) is 0 Å². The van der Waals surface area contributed by atoms with Gasteiger partial charge in [-0.15, -0.1) is 0 Å². The maximum absolute atomic E-state index is 12.4. The molecule has 32 heavy (non-hydrogen) atoms. The third-order valence-corrected chi connectivity index (χ3v) is 6.01. The first-order chi connectivity index (χ1) is 15.7. The molecule has 162 valence electrons. The van der Waals surface area contributed by atoms with E-state index in [0.29, 0.717) is 23.2 Å². The van der Waals surface area contributed by atoms with Gasteiger partial charge in [0.25, 0.3) is 5.91 Å². The summed E-state index contributed by atoms with van der Waals surface area (Å²) >= 11 is 0. The SMILES string of the molecule is O=C(COc1ccc(C2CCCCC2)cc1)Nc1cccc(-c2nc3ccccc3o2)c1. The molecule has 1 aliphatic rings. The zero-order valence-electron chi connectivity index (χ0n) is 17.9. The minimum atomic E-state index is -0.212. The second-order valence-electron chi connectivity index (χ2n) is 8.31. The standard InChI is InChI=1S/C27H26N2O3/c30-26(18-31-23-15-13-20(14-16-23)19-7-2-1-3-8-19)28-22-10-6-9-21(17-22)27-29-24-11-4-5-12-25(24)32-27/h4-6,9-17,19H,1-3,7-8,18H2,(H,28,30). The Kier molecular flexibility index (Phi) is 5.88. The van der Waals surface area contributed by atoms with Gasteiger partial charge in [-0.2, -0.15) is 0 Å². The quantitative estimate of drug-likeness (QED) is 0.379. The molecule has 1 aromatic heterocycles. The van der Waals surface area contributed by atoms with Crippen LogP contribution in [0.3, 0.4) is 0 Å². The number of hydrogen-bond acceptors (Lipinski definition) is 4. The first-order valence-electron chi connectivity index (χ1n) is 11.2. The van der Waals surface area contributed by atoms with Crippen molar-refractivity contribution < 1.29 is 13.9 Å². The zero-order valence-corrected chi connectivity index (χ0v) is 17.9. The summed E-state index contributed by atoms with van der Waals surface area (Å²) in [6.07, 6.45) is 6.52. The van der Waals surface area contributed by atoms with E-state index < -0.39 is 0 Å². The normalized spacial score (nSPS) is 14.4. The fourth-order valence-corrected chi connectivity index (χ4v) is 4.34. The van der Waals surface area contributed by atoms with E-state index >= 15 is 0 Å². The molecule has 0 unspecified atom stereocenters. The van der Waals surface area contributed by atoms with Crippen molar-refractivity contribution >= 4 is 22.7 Å². The summed E-state index contributed by atoms with van der Waals surface area (Å²) in [5.74, 6) is 1.68. The van der Waals surface area contributed by atoms with Gasteiger partial charge in [-0.3, -0.25) is 4.79 Å². The molecule has 0 aliphatic heterocycles. The van der Waals surface area contributed by atoms with Gasteiger partial charge in [0.05, 0.1) is 0 Å². The smallest absolute Gasteiger partial charge is 0.262 e. The predicted molar refractivity (Wildman–Crippen MR) is 126 cm³/mol. The first kappa shape index (κ1) is 20.3. The molecule has 0 bridgehead atoms. The third-order valence-electron chi connectivity index (χ3n) is 6.01. The molecule has 5 rings (SSSR count). The second kappa shape index (κ2) is 9.27. The van der Waals surface area contributed by atoms with Gasteiger partial charge >= 0.3 is 0 Å². The molecule has 1 N–H and O–H groups in total. The lowest BCUT2D eigenvalue weighted by atomic mass is 9.84. The molecule has 1 aliphatic carbocycles. The number of carbonyl (C=O) groups is 1. The zero-order chi connectivity index (χ0) is 21.8. The Balaban J connectivity index is 1.18. The number of rotatable bonds is 6. The molecule has 0 saturated heterocycles. The van der Waals surface area contributed by atoms with Crippen LogP contribution in [0.1, 0.15) is 43.6 Å². The van der Waals surface area contributed by atoms with Gasteiger partial charge in [-0.1, -0.05) is 49.6 Å². The monoisotopic (exact) mass is 426 g/mol. The summed E-state index contributed by atoms with van der Waals surface area (Å²) in [7, 11) is 0. The Labute approximate surface area is 187 Å². The number of aromatic nitrogens is 1. The number of amides is 1. The number of para-hydroxylation sites is 2. The number of nitrogens with zero attached hydrogens (tertiary/aromatic N) is 1. The molecule has 5 nitrogen and oxygen atoms in total. The largest absolute Gasteiger partial charge is 0.484 e. The van der Waals surface area contributed by atoms with Gasteiger partial charge < -0.3 is 14.5 Å². The molecule has 5 heteroatoms. The van der Waals surface area contributed by atoms with Crippen molar-refractivity contribution in [2.24, 2.45) is 0 Å². The van der Waals surface area contributed by atoms with Crippen molar-refractivity contribution in [2.75, 3.05) is 11.9 Å². The van der Waals surface area contributed by atoms with E-state index in [1.54, 1.807) is 0 Å². The molecule has 1 amide bonds. The first-order valence-corrected chi connectivity index (χ1v) is 11.2. The third kappa shape index (κ3) is 4.67. The molecule has 0 radical (unpaired) electrons. The highest BCUT2D eigenvalue weighted by atomic mass is 16.5. The van der Waals surface area contributed by atoms with Crippen molar-refractivity contribution in [1.82, 2.24) is 4.98 Å². The summed E-state index contributed by atoms with van der Waals surface area (Å²) in [5, 5.41) is 2.89. The minimum Gasteiger partial charge on any atom is -0.484 e. The van der Waals surface area contributed by atoms with Gasteiger partial charge in [0.2, 0.25) is 5.89 Å². The number of fused-ring (bicyclic) bond motifs is 1. The van der Waals surface area contributed by atoms with E-state index in [4.69, 9.17) is 9.15 Å². The Morgan fingerprint density at radius 2 is 1.78 bits per heavy atom. The van der Waals surface area contributed by atoms with Crippen LogP contribution < -0.4 is 10.1 Å². The highest BCUT2D eigenvalue weighted by molar-refractivity contribution is 5.92. The number of nitrogens with one attached hydrogen (secondary N) is 1. The number of oxazole rings is 1. The van der Waals surface area contributed by atoms with Crippen molar-refractivity contribution in [3.63, 3.8) is 0 Å². The van der Waals surface area contributed by atoms with Crippen LogP contribution in [0.25, 0.3) is 22.6 Å². The van der Waals surface area contributed by atoms with Crippen molar-refractivity contribution in [2.45, 2.75) is 38.0 Å². The maximum atomic E-state index is 12.4. The molecular weight excluding hydrogens is 400 g/mol. The number of carbonyl (C=O) groups excluding carboxylic acids is 1. The molecule has 1 heterocycles. The Bertz CT molecular complexity index is 1170. The molecule has 0 spiro atoms. The van der Waals surface area contributed by atoms with E-state index in [0.717, 1.165) is 16.7 Å². The van der Waals surface area contributed by atoms with Crippen LogP contribution in [-0.4, -0.2) is 17.5 Å². The van der Waals surface area contributed by atoms with Gasteiger partial charge in [0.15, 0.2) is 12.2 Å². The minimum absolute atomic E-state index is 0.0457. The van der Waals surface area contributed by atoms with E-state index in [-0.39, 0.29) is 12.5 Å². The van der Waals surface area contributed by atoms with Crippen LogP contribution in [0.4, 0.5) is 5.69 Å². The van der Waals surface area contributed by atoms with Crippen LogP contribution in [0.5, 0.6) is 5.75 Å². The lowest BCUT2D eigenvalue weighted by Gasteiger charge is -2.22. The van der Waals surface area contributed by atoms with Crippen LogP contribution in [0, 0.1) is 0 Å². The molecule has 1 fully saturated rings. The van der Waals surface area contributed by atoms with Gasteiger partial charge in [0.1, 0.15) is 11.3 Å². The van der Waals surface area contributed by atoms with Crippen LogP contribution in [0.15, 0.2) is 77.2 Å². The average Bonchev–Trinajstić information content (AvgIpc) is 3.28. The van der Waals surface area contributed by atoms with Gasteiger partial charge in [0, 0.05) is 11.3 Å². The van der Waals surface area contributed by atoms with E-state index in [9.17, 15) is 4.79 Å². The molecule has 0 atom stereocenters. The summed E-state index contributed by atoms with van der Waals surface area (Å²) < 4.78 is 11.5. The maximum Gasteiger partial charge on any atom is 0.262 e. The lowest BCUT2D eigenvalue weighted by molar-refractivity contribution is -0.118.